The molecule has 0 saturated heterocycles. The molecule has 1 aliphatic carbocycles. The Kier molecular flexibility index (Phi) is 3.91. The molecule has 0 bridgehead atoms. The molecule has 0 aliphatic heterocycles. The van der Waals surface area contributed by atoms with Gasteiger partial charge in [0.1, 0.15) is 0 Å². The van der Waals surface area contributed by atoms with Crippen molar-refractivity contribution in [2.24, 2.45) is 5.92 Å². The van der Waals surface area contributed by atoms with Crippen LogP contribution in [0.2, 0.25) is 0 Å². The highest BCUT2D eigenvalue weighted by Crippen LogP contribution is 2.30. The number of aliphatic carboxylic acids is 1. The molecule has 1 fully saturated rings. The summed E-state index contributed by atoms with van der Waals surface area (Å²) in [6.45, 7) is 0.959. The van der Waals surface area contributed by atoms with Crippen molar-refractivity contribution in [1.29, 1.82) is 0 Å². The lowest BCUT2D eigenvalue weighted by Gasteiger charge is -2.20. The van der Waals surface area contributed by atoms with Crippen LogP contribution in [0.25, 0.3) is 0 Å². The van der Waals surface area contributed by atoms with Gasteiger partial charge in [-0.1, -0.05) is 6.07 Å². The molecule has 1 saturated carbocycles. The maximum absolute atomic E-state index is 13.1. The lowest BCUT2D eigenvalue weighted by atomic mass is 10.2. The predicted octanol–water partition coefficient (Wildman–Crippen LogP) is 2.26. The van der Waals surface area contributed by atoms with Crippen LogP contribution >= 0.6 is 0 Å². The van der Waals surface area contributed by atoms with Gasteiger partial charge in [0, 0.05) is 13.1 Å². The second-order valence-electron chi connectivity index (χ2n) is 4.76. The van der Waals surface area contributed by atoms with Crippen LogP contribution in [-0.4, -0.2) is 29.1 Å². The predicted molar refractivity (Wildman–Crippen MR) is 62.0 cm³/mol. The number of halogens is 2. The van der Waals surface area contributed by atoms with E-state index in [1.165, 1.54) is 6.07 Å². The number of carbonyl (C=O) groups is 1. The van der Waals surface area contributed by atoms with E-state index in [0.29, 0.717) is 24.6 Å². The average Bonchev–Trinajstić information content (AvgIpc) is 3.06. The number of rotatable bonds is 6. The number of carboxylic acid groups (broad SMARTS) is 1. The lowest BCUT2D eigenvalue weighted by molar-refractivity contribution is -0.138. The van der Waals surface area contributed by atoms with E-state index < -0.39 is 17.6 Å². The number of hydrogen-bond acceptors (Lipinski definition) is 2. The third-order valence-electron chi connectivity index (χ3n) is 2.96. The average molecular weight is 255 g/mol. The van der Waals surface area contributed by atoms with E-state index in [2.05, 4.69) is 0 Å². The Morgan fingerprint density at radius 2 is 2.06 bits per heavy atom. The molecule has 0 amide bonds. The van der Waals surface area contributed by atoms with Crippen molar-refractivity contribution in [3.63, 3.8) is 0 Å². The fraction of sp³-hybridized carbons (Fsp3) is 0.462. The van der Waals surface area contributed by atoms with E-state index in [1.807, 2.05) is 0 Å². The Bertz CT molecular complexity index is 447. The van der Waals surface area contributed by atoms with E-state index >= 15 is 0 Å². The van der Waals surface area contributed by atoms with Gasteiger partial charge < -0.3 is 5.11 Å². The Morgan fingerprint density at radius 1 is 1.33 bits per heavy atom. The molecule has 0 aromatic heterocycles. The summed E-state index contributed by atoms with van der Waals surface area (Å²) in [6.07, 6.45) is 2.24. The molecule has 1 aliphatic rings. The Labute approximate surface area is 104 Å². The summed E-state index contributed by atoms with van der Waals surface area (Å²) in [5.74, 6) is -2.13. The largest absolute Gasteiger partial charge is 0.480 e. The van der Waals surface area contributed by atoms with E-state index in [1.54, 1.807) is 4.90 Å². The molecule has 1 aromatic carbocycles. The molecule has 1 N–H and O–H groups in total. The van der Waals surface area contributed by atoms with Crippen LogP contribution in [0.5, 0.6) is 0 Å². The Balaban J connectivity index is 2.01. The van der Waals surface area contributed by atoms with Gasteiger partial charge in [0.2, 0.25) is 0 Å². The van der Waals surface area contributed by atoms with Gasteiger partial charge >= 0.3 is 5.97 Å². The first-order valence-corrected chi connectivity index (χ1v) is 5.92. The second kappa shape index (κ2) is 5.44. The third kappa shape index (κ3) is 3.77. The number of hydrogen-bond donors (Lipinski definition) is 1. The summed E-state index contributed by atoms with van der Waals surface area (Å²) in [7, 11) is 0. The number of benzene rings is 1. The monoisotopic (exact) mass is 255 g/mol. The van der Waals surface area contributed by atoms with Crippen molar-refractivity contribution in [2.45, 2.75) is 19.4 Å². The van der Waals surface area contributed by atoms with Gasteiger partial charge in [0.25, 0.3) is 0 Å². The number of carboxylic acids is 1. The van der Waals surface area contributed by atoms with Crippen LogP contribution in [0, 0.1) is 17.6 Å². The quantitative estimate of drug-likeness (QED) is 0.847. The topological polar surface area (TPSA) is 40.5 Å². The zero-order chi connectivity index (χ0) is 13.1. The second-order valence-corrected chi connectivity index (χ2v) is 4.76. The van der Waals surface area contributed by atoms with Gasteiger partial charge in [-0.25, -0.2) is 8.78 Å². The van der Waals surface area contributed by atoms with Crippen LogP contribution in [0.4, 0.5) is 8.78 Å². The lowest BCUT2D eigenvalue weighted by Crippen LogP contribution is -2.31. The van der Waals surface area contributed by atoms with Crippen molar-refractivity contribution < 1.29 is 18.7 Å². The maximum atomic E-state index is 13.1. The first-order valence-electron chi connectivity index (χ1n) is 5.92. The molecule has 2 rings (SSSR count). The van der Waals surface area contributed by atoms with Gasteiger partial charge in [0.05, 0.1) is 6.54 Å². The van der Waals surface area contributed by atoms with E-state index in [4.69, 9.17) is 5.11 Å². The van der Waals surface area contributed by atoms with E-state index in [0.717, 1.165) is 25.0 Å². The van der Waals surface area contributed by atoms with Crippen molar-refractivity contribution in [1.82, 2.24) is 4.90 Å². The molecule has 0 spiro atoms. The van der Waals surface area contributed by atoms with Gasteiger partial charge in [-0.05, 0) is 36.5 Å². The summed E-state index contributed by atoms with van der Waals surface area (Å²) in [4.78, 5) is 12.5. The van der Waals surface area contributed by atoms with Crippen molar-refractivity contribution in [3.05, 3.63) is 35.4 Å². The first kappa shape index (κ1) is 13.0. The van der Waals surface area contributed by atoms with Crippen LogP contribution in [0.1, 0.15) is 18.4 Å². The number of nitrogens with zero attached hydrogens (tertiary/aromatic N) is 1. The fourth-order valence-corrected chi connectivity index (χ4v) is 1.94. The van der Waals surface area contributed by atoms with Gasteiger partial charge in [-0.3, -0.25) is 9.69 Å². The van der Waals surface area contributed by atoms with Gasteiger partial charge in [-0.2, -0.15) is 0 Å². The highest BCUT2D eigenvalue weighted by atomic mass is 19.2. The first-order chi connectivity index (χ1) is 8.54. The molecule has 5 heteroatoms. The van der Waals surface area contributed by atoms with Crippen LogP contribution in [0.15, 0.2) is 18.2 Å². The standard InChI is InChI=1S/C13H15F2NO2/c14-11-4-3-10(5-12(11)15)7-16(8-13(17)18)6-9-1-2-9/h3-5,9H,1-2,6-8H2,(H,17,18). The van der Waals surface area contributed by atoms with Crippen LogP contribution < -0.4 is 0 Å². The molecular formula is C13H15F2NO2. The van der Waals surface area contributed by atoms with Crippen molar-refractivity contribution in [2.75, 3.05) is 13.1 Å². The maximum Gasteiger partial charge on any atom is 0.317 e. The zero-order valence-corrected chi connectivity index (χ0v) is 9.90. The van der Waals surface area contributed by atoms with Crippen LogP contribution in [0.3, 0.4) is 0 Å². The summed E-state index contributed by atoms with van der Waals surface area (Å²) >= 11 is 0. The molecular weight excluding hydrogens is 240 g/mol. The smallest absolute Gasteiger partial charge is 0.317 e. The minimum Gasteiger partial charge on any atom is -0.480 e. The summed E-state index contributed by atoms with van der Waals surface area (Å²) in [6, 6.07) is 3.68. The fourth-order valence-electron chi connectivity index (χ4n) is 1.94. The van der Waals surface area contributed by atoms with E-state index in [-0.39, 0.29) is 6.54 Å². The van der Waals surface area contributed by atoms with Crippen molar-refractivity contribution >= 4 is 5.97 Å². The molecule has 0 atom stereocenters. The molecule has 98 valence electrons. The molecule has 1 aromatic rings. The minimum absolute atomic E-state index is 0.0739. The molecule has 18 heavy (non-hydrogen) atoms. The third-order valence-corrected chi connectivity index (χ3v) is 2.96. The Hall–Kier alpha value is -1.49. The summed E-state index contributed by atoms with van der Waals surface area (Å²) in [5, 5.41) is 8.82. The van der Waals surface area contributed by atoms with E-state index in [9.17, 15) is 13.6 Å². The Morgan fingerprint density at radius 3 is 2.61 bits per heavy atom. The minimum atomic E-state index is -0.904. The molecule has 0 radical (unpaired) electrons. The van der Waals surface area contributed by atoms with Gasteiger partial charge in [-0.15, -0.1) is 0 Å². The normalized spacial score (nSPS) is 15.1. The zero-order valence-electron chi connectivity index (χ0n) is 9.90. The molecule has 3 nitrogen and oxygen atoms in total. The highest BCUT2D eigenvalue weighted by molar-refractivity contribution is 5.69. The molecule has 0 heterocycles. The summed E-state index contributed by atoms with van der Waals surface area (Å²) < 4.78 is 25.8. The highest BCUT2D eigenvalue weighted by Gasteiger charge is 2.25. The van der Waals surface area contributed by atoms with Gasteiger partial charge in [0.15, 0.2) is 11.6 Å². The van der Waals surface area contributed by atoms with Crippen LogP contribution in [-0.2, 0) is 11.3 Å². The molecule has 0 unspecified atom stereocenters. The SMILES string of the molecule is O=C(O)CN(Cc1ccc(F)c(F)c1)CC1CC1. The van der Waals surface area contributed by atoms with Crippen molar-refractivity contribution in [3.8, 4) is 0 Å². The summed E-state index contributed by atoms with van der Waals surface area (Å²) in [5.41, 5.74) is 0.593.